The number of hydrogen-bond acceptors (Lipinski definition) is 3. The predicted molar refractivity (Wildman–Crippen MR) is 66.0 cm³/mol. The highest BCUT2D eigenvalue weighted by Crippen LogP contribution is 2.19. The van der Waals surface area contributed by atoms with Gasteiger partial charge in [0.1, 0.15) is 5.78 Å². The second-order valence-electron chi connectivity index (χ2n) is 5.10. The van der Waals surface area contributed by atoms with E-state index in [0.717, 1.165) is 24.1 Å². The Balaban J connectivity index is 2.43. The topological polar surface area (TPSA) is 56.0 Å². The fourth-order valence-electron chi connectivity index (χ4n) is 1.46. The average Bonchev–Trinajstić information content (AvgIpc) is 2.19. The molecular formula is C13H20N2O. The minimum atomic E-state index is -0.236. The lowest BCUT2D eigenvalue weighted by Crippen LogP contribution is -2.19. The van der Waals surface area contributed by atoms with Crippen LogP contribution in [0.5, 0.6) is 0 Å². The predicted octanol–water partition coefficient (Wildman–Crippen LogP) is 2.60. The number of nitrogen functional groups attached to an aromatic ring is 1. The highest BCUT2D eigenvalue weighted by Gasteiger charge is 2.20. The van der Waals surface area contributed by atoms with Crippen LogP contribution in [-0.4, -0.2) is 10.8 Å². The summed E-state index contributed by atoms with van der Waals surface area (Å²) in [4.78, 5) is 15.7. The lowest BCUT2D eigenvalue weighted by molar-refractivity contribution is -0.126. The van der Waals surface area contributed by atoms with E-state index in [1.807, 2.05) is 20.8 Å². The van der Waals surface area contributed by atoms with Crippen LogP contribution in [0.15, 0.2) is 18.5 Å². The molecule has 0 amide bonds. The molecule has 2 N–H and O–H groups in total. The highest BCUT2D eigenvalue weighted by atomic mass is 16.1. The molecule has 3 nitrogen and oxygen atoms in total. The monoisotopic (exact) mass is 220 g/mol. The highest BCUT2D eigenvalue weighted by molar-refractivity contribution is 5.83. The van der Waals surface area contributed by atoms with Crippen LogP contribution in [0.25, 0.3) is 0 Å². The summed E-state index contributed by atoms with van der Waals surface area (Å²) >= 11 is 0. The van der Waals surface area contributed by atoms with Crippen molar-refractivity contribution in [2.45, 2.75) is 40.0 Å². The van der Waals surface area contributed by atoms with E-state index in [9.17, 15) is 4.79 Å². The van der Waals surface area contributed by atoms with Gasteiger partial charge < -0.3 is 5.73 Å². The van der Waals surface area contributed by atoms with Crippen LogP contribution >= 0.6 is 0 Å². The quantitative estimate of drug-likeness (QED) is 0.848. The van der Waals surface area contributed by atoms with Gasteiger partial charge in [0.25, 0.3) is 0 Å². The van der Waals surface area contributed by atoms with Gasteiger partial charge in [0.05, 0.1) is 0 Å². The zero-order valence-corrected chi connectivity index (χ0v) is 10.3. The molecule has 0 aliphatic rings. The largest absolute Gasteiger partial charge is 0.398 e. The molecule has 0 atom stereocenters. The van der Waals surface area contributed by atoms with Crippen LogP contribution in [0, 0.1) is 5.41 Å². The van der Waals surface area contributed by atoms with Crippen LogP contribution in [0.2, 0.25) is 0 Å². The van der Waals surface area contributed by atoms with E-state index >= 15 is 0 Å². The molecule has 3 heteroatoms. The van der Waals surface area contributed by atoms with Crippen LogP contribution in [0.4, 0.5) is 5.69 Å². The molecule has 0 radical (unpaired) electrons. The van der Waals surface area contributed by atoms with Gasteiger partial charge >= 0.3 is 0 Å². The molecule has 0 aliphatic carbocycles. The van der Waals surface area contributed by atoms with Crippen molar-refractivity contribution in [3.8, 4) is 0 Å². The Morgan fingerprint density at radius 2 is 2.12 bits per heavy atom. The summed E-state index contributed by atoms with van der Waals surface area (Å²) < 4.78 is 0. The number of hydrogen-bond donors (Lipinski definition) is 1. The molecule has 0 unspecified atom stereocenters. The number of anilines is 1. The first-order valence-electron chi connectivity index (χ1n) is 5.63. The minimum absolute atomic E-state index is 0.236. The maximum atomic E-state index is 11.7. The molecule has 0 saturated carbocycles. The van der Waals surface area contributed by atoms with Crippen molar-refractivity contribution in [1.82, 2.24) is 4.98 Å². The van der Waals surface area contributed by atoms with Gasteiger partial charge in [-0.3, -0.25) is 9.78 Å². The van der Waals surface area contributed by atoms with Gasteiger partial charge in [0.2, 0.25) is 0 Å². The lowest BCUT2D eigenvalue weighted by atomic mass is 9.87. The molecular weight excluding hydrogens is 200 g/mol. The summed E-state index contributed by atoms with van der Waals surface area (Å²) in [6.45, 7) is 5.86. The average molecular weight is 220 g/mol. The van der Waals surface area contributed by atoms with E-state index in [1.165, 1.54) is 0 Å². The number of nitrogens with two attached hydrogens (primary N) is 1. The van der Waals surface area contributed by atoms with Gasteiger partial charge in [0, 0.05) is 29.9 Å². The Bertz CT molecular complexity index is 366. The molecule has 1 heterocycles. The van der Waals surface area contributed by atoms with Crippen LogP contribution in [-0.2, 0) is 11.2 Å². The zero-order chi connectivity index (χ0) is 12.2. The molecule has 1 aromatic rings. The zero-order valence-electron chi connectivity index (χ0n) is 10.3. The van der Waals surface area contributed by atoms with E-state index in [0.29, 0.717) is 12.2 Å². The van der Waals surface area contributed by atoms with E-state index in [1.54, 1.807) is 18.5 Å². The standard InChI is InChI=1S/C13H20N2O/c1-13(2,3)12(16)6-4-5-10-9-15-8-7-11(10)14/h7-9H,4-6H2,1-3H3,(H2,14,15). The third-order valence-corrected chi connectivity index (χ3v) is 2.63. The van der Waals surface area contributed by atoms with Gasteiger partial charge in [-0.2, -0.15) is 0 Å². The van der Waals surface area contributed by atoms with Crippen molar-refractivity contribution in [3.63, 3.8) is 0 Å². The molecule has 1 rings (SSSR count). The lowest BCUT2D eigenvalue weighted by Gasteiger charge is -2.16. The first-order chi connectivity index (χ1) is 7.41. The van der Waals surface area contributed by atoms with E-state index < -0.39 is 0 Å². The third-order valence-electron chi connectivity index (χ3n) is 2.63. The molecule has 16 heavy (non-hydrogen) atoms. The number of carbonyl (C=O) groups excluding carboxylic acids is 1. The minimum Gasteiger partial charge on any atom is -0.398 e. The smallest absolute Gasteiger partial charge is 0.138 e. The first-order valence-corrected chi connectivity index (χ1v) is 5.63. The van der Waals surface area contributed by atoms with Crippen LogP contribution < -0.4 is 5.73 Å². The summed E-state index contributed by atoms with van der Waals surface area (Å²) in [5.74, 6) is 0.301. The number of carbonyl (C=O) groups is 1. The normalized spacial score (nSPS) is 11.4. The number of aryl methyl sites for hydroxylation is 1. The van der Waals surface area contributed by atoms with Crippen molar-refractivity contribution in [2.75, 3.05) is 5.73 Å². The van der Waals surface area contributed by atoms with Crippen molar-refractivity contribution in [3.05, 3.63) is 24.0 Å². The summed E-state index contributed by atoms with van der Waals surface area (Å²) in [7, 11) is 0. The van der Waals surface area contributed by atoms with E-state index in [2.05, 4.69) is 4.98 Å². The van der Waals surface area contributed by atoms with Gasteiger partial charge in [-0.05, 0) is 24.5 Å². The van der Waals surface area contributed by atoms with Gasteiger partial charge in [-0.15, -0.1) is 0 Å². The second kappa shape index (κ2) is 5.10. The number of Topliss-reactive ketones (excluding diaryl/α,β-unsaturated/α-hetero) is 1. The maximum Gasteiger partial charge on any atom is 0.138 e. The maximum absolute atomic E-state index is 11.7. The van der Waals surface area contributed by atoms with Crippen molar-refractivity contribution < 1.29 is 4.79 Å². The van der Waals surface area contributed by atoms with Gasteiger partial charge in [-0.1, -0.05) is 20.8 Å². The Kier molecular flexibility index (Phi) is 4.05. The molecule has 0 saturated heterocycles. The summed E-state index contributed by atoms with van der Waals surface area (Å²) in [6.07, 6.45) is 5.72. The van der Waals surface area contributed by atoms with Crippen LogP contribution in [0.3, 0.4) is 0 Å². The number of ketones is 1. The fourth-order valence-corrected chi connectivity index (χ4v) is 1.46. The SMILES string of the molecule is CC(C)(C)C(=O)CCCc1cnccc1N. The van der Waals surface area contributed by atoms with Gasteiger partial charge in [-0.25, -0.2) is 0 Å². The first kappa shape index (κ1) is 12.7. The molecule has 0 spiro atoms. The van der Waals surface area contributed by atoms with Gasteiger partial charge in [0.15, 0.2) is 0 Å². The summed E-state index contributed by atoms with van der Waals surface area (Å²) in [6, 6.07) is 1.79. The molecule has 0 aliphatic heterocycles. The fraction of sp³-hybridized carbons (Fsp3) is 0.538. The van der Waals surface area contributed by atoms with E-state index in [4.69, 9.17) is 5.73 Å². The molecule has 0 fully saturated rings. The van der Waals surface area contributed by atoms with Crippen molar-refractivity contribution >= 4 is 11.5 Å². The molecule has 0 aromatic carbocycles. The Labute approximate surface area is 97.1 Å². The summed E-state index contributed by atoms with van der Waals surface area (Å²) in [5, 5.41) is 0. The Morgan fingerprint density at radius 1 is 1.44 bits per heavy atom. The second-order valence-corrected chi connectivity index (χ2v) is 5.10. The third kappa shape index (κ3) is 3.65. The van der Waals surface area contributed by atoms with Crippen molar-refractivity contribution in [2.24, 2.45) is 5.41 Å². The molecule has 1 aromatic heterocycles. The number of pyridine rings is 1. The summed E-state index contributed by atoms with van der Waals surface area (Å²) in [5.41, 5.74) is 7.36. The Hall–Kier alpha value is -1.38. The van der Waals surface area contributed by atoms with Crippen LogP contribution in [0.1, 0.15) is 39.2 Å². The molecule has 0 bridgehead atoms. The van der Waals surface area contributed by atoms with Crippen molar-refractivity contribution in [1.29, 1.82) is 0 Å². The number of aromatic nitrogens is 1. The number of rotatable bonds is 4. The molecule has 88 valence electrons. The Morgan fingerprint density at radius 3 is 2.69 bits per heavy atom. The van der Waals surface area contributed by atoms with E-state index in [-0.39, 0.29) is 5.41 Å². The number of nitrogens with zero attached hydrogens (tertiary/aromatic N) is 1.